The third-order valence-electron chi connectivity index (χ3n) is 3.23. The van der Waals surface area contributed by atoms with Gasteiger partial charge in [0.1, 0.15) is 12.4 Å². The average molecular weight is 320 g/mol. The minimum Gasteiger partial charge on any atom is -0.491 e. The Kier molecular flexibility index (Phi) is 6.30. The van der Waals surface area contributed by atoms with Crippen LogP contribution in [0.5, 0.6) is 5.75 Å². The van der Waals surface area contributed by atoms with E-state index in [1.165, 1.54) is 0 Å². The van der Waals surface area contributed by atoms with Crippen LogP contribution in [0.2, 0.25) is 5.02 Å². The van der Waals surface area contributed by atoms with Gasteiger partial charge in [-0.25, -0.2) is 8.42 Å². The molecule has 0 spiro atoms. The van der Waals surface area contributed by atoms with Crippen LogP contribution in [0, 0.1) is 0 Å². The number of hydrogen-bond acceptors (Lipinski definition) is 4. The number of hydrogen-bond donors (Lipinski definition) is 1. The highest BCUT2D eigenvalue weighted by Gasteiger charge is 2.16. The summed E-state index contributed by atoms with van der Waals surface area (Å²) in [5, 5.41) is 3.23. The standard InChI is InChI=1S/C14H22ClNO3S/c1-10(2)20(17,18)8-7-19-14-6-5-12(9-13(14)15)11(3)16-4/h5-6,9-11,16H,7-8H2,1-4H3. The minimum absolute atomic E-state index is 0.00430. The quantitative estimate of drug-likeness (QED) is 0.839. The fourth-order valence-corrected chi connectivity index (χ4v) is 2.60. The van der Waals surface area contributed by atoms with E-state index in [0.717, 1.165) is 5.56 Å². The van der Waals surface area contributed by atoms with Crippen molar-refractivity contribution in [3.8, 4) is 5.75 Å². The molecule has 0 aromatic heterocycles. The Morgan fingerprint density at radius 1 is 1.30 bits per heavy atom. The summed E-state index contributed by atoms with van der Waals surface area (Å²) >= 11 is 6.14. The molecule has 0 bridgehead atoms. The molecule has 0 saturated heterocycles. The SMILES string of the molecule is CNC(C)c1ccc(OCCS(=O)(=O)C(C)C)c(Cl)c1. The highest BCUT2D eigenvalue weighted by atomic mass is 35.5. The summed E-state index contributed by atoms with van der Waals surface area (Å²) < 4.78 is 28.8. The Hall–Kier alpha value is -0.780. The van der Waals surface area contributed by atoms with E-state index in [-0.39, 0.29) is 23.7 Å². The van der Waals surface area contributed by atoms with Crippen molar-refractivity contribution in [1.82, 2.24) is 5.32 Å². The lowest BCUT2D eigenvalue weighted by atomic mass is 10.1. The fourth-order valence-electron chi connectivity index (χ4n) is 1.57. The maximum absolute atomic E-state index is 11.7. The third-order valence-corrected chi connectivity index (χ3v) is 5.70. The monoisotopic (exact) mass is 319 g/mol. The summed E-state index contributed by atoms with van der Waals surface area (Å²) in [5.74, 6) is 0.507. The number of nitrogens with one attached hydrogen (secondary N) is 1. The summed E-state index contributed by atoms with van der Waals surface area (Å²) in [6.45, 7) is 5.47. The van der Waals surface area contributed by atoms with E-state index in [0.29, 0.717) is 10.8 Å². The van der Waals surface area contributed by atoms with Crippen molar-refractivity contribution in [3.05, 3.63) is 28.8 Å². The average Bonchev–Trinajstić information content (AvgIpc) is 2.39. The summed E-state index contributed by atoms with van der Waals surface area (Å²) in [6, 6.07) is 5.71. The van der Waals surface area contributed by atoms with E-state index in [1.54, 1.807) is 19.9 Å². The van der Waals surface area contributed by atoms with Gasteiger partial charge in [-0.15, -0.1) is 0 Å². The van der Waals surface area contributed by atoms with Crippen LogP contribution in [-0.4, -0.2) is 33.1 Å². The van der Waals surface area contributed by atoms with Crippen LogP contribution in [0.15, 0.2) is 18.2 Å². The largest absolute Gasteiger partial charge is 0.491 e. The summed E-state index contributed by atoms with van der Waals surface area (Å²) in [5.41, 5.74) is 1.06. The first kappa shape index (κ1) is 17.3. The van der Waals surface area contributed by atoms with E-state index in [2.05, 4.69) is 5.32 Å². The first-order valence-corrected chi connectivity index (χ1v) is 8.68. The van der Waals surface area contributed by atoms with Crippen LogP contribution in [0.25, 0.3) is 0 Å². The van der Waals surface area contributed by atoms with Crippen LogP contribution in [0.3, 0.4) is 0 Å². The van der Waals surface area contributed by atoms with Gasteiger partial charge >= 0.3 is 0 Å². The van der Waals surface area contributed by atoms with Crippen molar-refractivity contribution >= 4 is 21.4 Å². The van der Waals surface area contributed by atoms with Gasteiger partial charge in [-0.2, -0.15) is 0 Å². The second-order valence-electron chi connectivity index (χ2n) is 4.96. The molecule has 0 fully saturated rings. The molecular formula is C14H22ClNO3S. The lowest BCUT2D eigenvalue weighted by Gasteiger charge is -2.14. The third kappa shape index (κ3) is 4.65. The molecule has 1 aromatic carbocycles. The molecule has 1 rings (SSSR count). The van der Waals surface area contributed by atoms with Gasteiger partial charge < -0.3 is 10.1 Å². The second kappa shape index (κ2) is 7.29. The molecule has 20 heavy (non-hydrogen) atoms. The highest BCUT2D eigenvalue weighted by molar-refractivity contribution is 7.91. The lowest BCUT2D eigenvalue weighted by Crippen LogP contribution is -2.22. The number of ether oxygens (including phenoxy) is 1. The topological polar surface area (TPSA) is 55.4 Å². The number of halogens is 1. The first-order chi connectivity index (χ1) is 9.27. The first-order valence-electron chi connectivity index (χ1n) is 6.59. The van der Waals surface area contributed by atoms with Crippen molar-refractivity contribution in [3.63, 3.8) is 0 Å². The van der Waals surface area contributed by atoms with E-state index < -0.39 is 9.84 Å². The molecular weight excluding hydrogens is 298 g/mol. The molecule has 0 amide bonds. The van der Waals surface area contributed by atoms with Crippen LogP contribution in [0.1, 0.15) is 32.4 Å². The normalized spacial score (nSPS) is 13.5. The van der Waals surface area contributed by atoms with Crippen molar-refractivity contribution in [1.29, 1.82) is 0 Å². The number of benzene rings is 1. The fraction of sp³-hybridized carbons (Fsp3) is 0.571. The van der Waals surface area contributed by atoms with Gasteiger partial charge in [0.05, 0.1) is 16.0 Å². The van der Waals surface area contributed by atoms with Crippen molar-refractivity contribution in [2.45, 2.75) is 32.1 Å². The molecule has 1 N–H and O–H groups in total. The van der Waals surface area contributed by atoms with E-state index in [4.69, 9.17) is 16.3 Å². The van der Waals surface area contributed by atoms with Gasteiger partial charge in [0.25, 0.3) is 0 Å². The predicted molar refractivity (Wildman–Crippen MR) is 83.3 cm³/mol. The molecule has 1 aromatic rings. The molecule has 0 radical (unpaired) electrons. The molecule has 0 aliphatic carbocycles. The Morgan fingerprint density at radius 2 is 1.95 bits per heavy atom. The van der Waals surface area contributed by atoms with Gasteiger partial charge in [-0.1, -0.05) is 17.7 Å². The summed E-state index contributed by atoms with van der Waals surface area (Å²) in [7, 11) is -1.21. The van der Waals surface area contributed by atoms with Gasteiger partial charge in [0.15, 0.2) is 9.84 Å². The van der Waals surface area contributed by atoms with E-state index in [9.17, 15) is 8.42 Å². The molecule has 1 atom stereocenters. The van der Waals surface area contributed by atoms with Crippen LogP contribution >= 0.6 is 11.6 Å². The maximum Gasteiger partial charge on any atom is 0.155 e. The van der Waals surface area contributed by atoms with Crippen LogP contribution in [-0.2, 0) is 9.84 Å². The van der Waals surface area contributed by atoms with Crippen molar-refractivity contribution in [2.24, 2.45) is 0 Å². The van der Waals surface area contributed by atoms with E-state index >= 15 is 0 Å². The molecule has 114 valence electrons. The van der Waals surface area contributed by atoms with Gasteiger partial charge in [0, 0.05) is 6.04 Å². The van der Waals surface area contributed by atoms with E-state index in [1.807, 2.05) is 26.1 Å². The van der Waals surface area contributed by atoms with Gasteiger partial charge in [-0.05, 0) is 45.5 Å². The Labute approximate surface area is 126 Å². The van der Waals surface area contributed by atoms with Gasteiger partial charge in [0.2, 0.25) is 0 Å². The van der Waals surface area contributed by atoms with Crippen LogP contribution < -0.4 is 10.1 Å². The molecule has 6 heteroatoms. The molecule has 4 nitrogen and oxygen atoms in total. The minimum atomic E-state index is -3.08. The molecule has 0 aliphatic heterocycles. The number of sulfone groups is 1. The second-order valence-corrected chi connectivity index (χ2v) is 8.05. The zero-order chi connectivity index (χ0) is 15.3. The Morgan fingerprint density at radius 3 is 2.45 bits per heavy atom. The molecule has 0 aliphatic rings. The van der Waals surface area contributed by atoms with Crippen molar-refractivity contribution in [2.75, 3.05) is 19.4 Å². The highest BCUT2D eigenvalue weighted by Crippen LogP contribution is 2.27. The number of rotatable bonds is 7. The molecule has 0 heterocycles. The molecule has 0 saturated carbocycles. The predicted octanol–water partition coefficient (Wildman–Crippen LogP) is 2.82. The zero-order valence-electron chi connectivity index (χ0n) is 12.3. The molecule has 1 unspecified atom stereocenters. The maximum atomic E-state index is 11.7. The van der Waals surface area contributed by atoms with Crippen molar-refractivity contribution < 1.29 is 13.2 Å². The Bertz CT molecular complexity index is 543. The smallest absolute Gasteiger partial charge is 0.155 e. The van der Waals surface area contributed by atoms with Crippen LogP contribution in [0.4, 0.5) is 0 Å². The summed E-state index contributed by atoms with van der Waals surface area (Å²) in [6.07, 6.45) is 0. The van der Waals surface area contributed by atoms with Gasteiger partial charge in [-0.3, -0.25) is 0 Å². The summed E-state index contributed by atoms with van der Waals surface area (Å²) in [4.78, 5) is 0. The lowest BCUT2D eigenvalue weighted by molar-refractivity contribution is 0.340. The zero-order valence-corrected chi connectivity index (χ0v) is 13.9. The Balaban J connectivity index is 2.66.